The summed E-state index contributed by atoms with van der Waals surface area (Å²) in [4.78, 5) is 2.57. The molecule has 1 fully saturated rings. The van der Waals surface area contributed by atoms with Crippen molar-refractivity contribution in [2.45, 2.75) is 51.7 Å². The molecule has 0 unspecified atom stereocenters. The highest BCUT2D eigenvalue weighted by Crippen LogP contribution is 2.24. The topological polar surface area (TPSA) is 27.0 Å². The Morgan fingerprint density at radius 1 is 1.18 bits per heavy atom. The van der Waals surface area contributed by atoms with Crippen LogP contribution in [-0.4, -0.2) is 17.0 Å². The fourth-order valence-electron chi connectivity index (χ4n) is 2.68. The van der Waals surface area contributed by atoms with Gasteiger partial charge >= 0.3 is 0 Å². The summed E-state index contributed by atoms with van der Waals surface area (Å²) in [5, 5.41) is 8.77. The van der Waals surface area contributed by atoms with Gasteiger partial charge in [-0.3, -0.25) is 4.90 Å². The zero-order chi connectivity index (χ0) is 12.3. The molecule has 0 aromatic heterocycles. The second-order valence-electron chi connectivity index (χ2n) is 5.11. The highest BCUT2D eigenvalue weighted by Gasteiger charge is 2.24. The zero-order valence-electron chi connectivity index (χ0n) is 10.7. The van der Waals surface area contributed by atoms with E-state index in [1.54, 1.807) is 0 Å². The lowest BCUT2D eigenvalue weighted by Crippen LogP contribution is -2.42. The molecule has 17 heavy (non-hydrogen) atoms. The minimum atomic E-state index is 0.675. The summed E-state index contributed by atoms with van der Waals surface area (Å²) in [6.45, 7) is 5.65. The highest BCUT2D eigenvalue weighted by molar-refractivity contribution is 5.31. The highest BCUT2D eigenvalue weighted by atomic mass is 15.2. The third kappa shape index (κ3) is 2.87. The molecule has 1 aliphatic heterocycles. The monoisotopic (exact) mass is 228 g/mol. The van der Waals surface area contributed by atoms with Crippen LogP contribution < -0.4 is 0 Å². The first kappa shape index (κ1) is 12.1. The van der Waals surface area contributed by atoms with Crippen molar-refractivity contribution in [2.75, 3.05) is 0 Å². The molecule has 0 aliphatic carbocycles. The van der Waals surface area contributed by atoms with E-state index in [1.807, 2.05) is 12.1 Å². The SMILES string of the molecule is C[C@@H]1CCC[C@H](C)N1Cc1ccc(C#N)cc1. The zero-order valence-corrected chi connectivity index (χ0v) is 10.7. The minimum Gasteiger partial charge on any atom is -0.294 e. The molecular weight excluding hydrogens is 208 g/mol. The third-order valence-corrected chi connectivity index (χ3v) is 3.82. The maximum Gasteiger partial charge on any atom is 0.0991 e. The van der Waals surface area contributed by atoms with E-state index in [0.717, 1.165) is 12.1 Å². The molecule has 2 heteroatoms. The fourth-order valence-corrected chi connectivity index (χ4v) is 2.68. The Hall–Kier alpha value is -1.33. The van der Waals surface area contributed by atoms with Crippen molar-refractivity contribution in [3.8, 4) is 6.07 Å². The van der Waals surface area contributed by atoms with Gasteiger partial charge in [-0.15, -0.1) is 0 Å². The summed E-state index contributed by atoms with van der Waals surface area (Å²) < 4.78 is 0. The van der Waals surface area contributed by atoms with Gasteiger partial charge < -0.3 is 0 Å². The van der Waals surface area contributed by atoms with Crippen LogP contribution in [0.25, 0.3) is 0 Å². The molecule has 1 aromatic rings. The van der Waals surface area contributed by atoms with Crippen LogP contribution in [0, 0.1) is 11.3 Å². The van der Waals surface area contributed by atoms with Gasteiger partial charge in [0.1, 0.15) is 0 Å². The van der Waals surface area contributed by atoms with Gasteiger partial charge in [0.15, 0.2) is 0 Å². The first-order valence-corrected chi connectivity index (χ1v) is 6.45. The van der Waals surface area contributed by atoms with E-state index >= 15 is 0 Å². The smallest absolute Gasteiger partial charge is 0.0991 e. The van der Waals surface area contributed by atoms with Crippen molar-refractivity contribution in [1.29, 1.82) is 5.26 Å². The van der Waals surface area contributed by atoms with Crippen molar-refractivity contribution in [3.63, 3.8) is 0 Å². The van der Waals surface area contributed by atoms with E-state index < -0.39 is 0 Å². The summed E-state index contributed by atoms with van der Waals surface area (Å²) in [5.41, 5.74) is 2.05. The van der Waals surface area contributed by atoms with Crippen LogP contribution in [0.15, 0.2) is 24.3 Å². The van der Waals surface area contributed by atoms with Crippen molar-refractivity contribution in [1.82, 2.24) is 4.90 Å². The molecule has 2 atom stereocenters. The van der Waals surface area contributed by atoms with Crippen LogP contribution in [0.1, 0.15) is 44.2 Å². The van der Waals surface area contributed by atoms with E-state index in [1.165, 1.54) is 24.8 Å². The van der Waals surface area contributed by atoms with Gasteiger partial charge in [-0.25, -0.2) is 0 Å². The number of nitrogens with zero attached hydrogens (tertiary/aromatic N) is 2. The Bertz CT molecular complexity index is 392. The Kier molecular flexibility index (Phi) is 3.81. The van der Waals surface area contributed by atoms with Crippen LogP contribution in [0.3, 0.4) is 0 Å². The molecule has 1 saturated heterocycles. The van der Waals surface area contributed by atoms with Gasteiger partial charge in [0, 0.05) is 18.6 Å². The summed E-state index contributed by atoms with van der Waals surface area (Å²) in [6, 6.07) is 11.5. The molecule has 0 radical (unpaired) electrons. The van der Waals surface area contributed by atoms with Crippen LogP contribution in [0.4, 0.5) is 0 Å². The molecule has 0 spiro atoms. The van der Waals surface area contributed by atoms with Gasteiger partial charge in [0.05, 0.1) is 11.6 Å². The van der Waals surface area contributed by atoms with Crippen molar-refractivity contribution < 1.29 is 0 Å². The van der Waals surface area contributed by atoms with Gasteiger partial charge in [0.2, 0.25) is 0 Å². The summed E-state index contributed by atoms with van der Waals surface area (Å²) in [5.74, 6) is 0. The molecule has 1 aliphatic rings. The van der Waals surface area contributed by atoms with E-state index in [2.05, 4.69) is 36.9 Å². The van der Waals surface area contributed by atoms with Gasteiger partial charge in [0.25, 0.3) is 0 Å². The van der Waals surface area contributed by atoms with E-state index in [0.29, 0.717) is 12.1 Å². The van der Waals surface area contributed by atoms with Crippen LogP contribution in [-0.2, 0) is 6.54 Å². The Balaban J connectivity index is 2.06. The molecule has 0 amide bonds. The Morgan fingerprint density at radius 2 is 1.76 bits per heavy atom. The predicted octanol–water partition coefficient (Wildman–Crippen LogP) is 3.32. The normalized spacial score (nSPS) is 25.5. The maximum absolute atomic E-state index is 8.77. The molecule has 1 heterocycles. The first-order chi connectivity index (χ1) is 8.20. The van der Waals surface area contributed by atoms with Crippen molar-refractivity contribution >= 4 is 0 Å². The summed E-state index contributed by atoms with van der Waals surface area (Å²) in [7, 11) is 0. The van der Waals surface area contributed by atoms with E-state index in [9.17, 15) is 0 Å². The molecular formula is C15H20N2. The second-order valence-corrected chi connectivity index (χ2v) is 5.11. The quantitative estimate of drug-likeness (QED) is 0.776. The lowest BCUT2D eigenvalue weighted by Gasteiger charge is -2.39. The molecule has 1 aromatic carbocycles. The molecule has 0 bridgehead atoms. The average Bonchev–Trinajstić information content (AvgIpc) is 2.35. The number of hydrogen-bond donors (Lipinski definition) is 0. The fraction of sp³-hybridized carbons (Fsp3) is 0.533. The van der Waals surface area contributed by atoms with E-state index in [4.69, 9.17) is 5.26 Å². The van der Waals surface area contributed by atoms with Crippen molar-refractivity contribution in [3.05, 3.63) is 35.4 Å². The Labute approximate surface area is 104 Å². The lowest BCUT2D eigenvalue weighted by atomic mass is 9.96. The maximum atomic E-state index is 8.77. The van der Waals surface area contributed by atoms with Gasteiger partial charge in [-0.05, 0) is 44.4 Å². The van der Waals surface area contributed by atoms with Crippen LogP contribution >= 0.6 is 0 Å². The van der Waals surface area contributed by atoms with E-state index in [-0.39, 0.29) is 0 Å². The molecule has 0 saturated carbocycles. The molecule has 2 rings (SSSR count). The lowest BCUT2D eigenvalue weighted by molar-refractivity contribution is 0.0953. The third-order valence-electron chi connectivity index (χ3n) is 3.82. The number of benzene rings is 1. The summed E-state index contributed by atoms with van der Waals surface area (Å²) >= 11 is 0. The standard InChI is InChI=1S/C15H20N2/c1-12-4-3-5-13(2)17(12)11-15-8-6-14(10-16)7-9-15/h6-9,12-13H,3-5,11H2,1-2H3/t12-,13+. The number of likely N-dealkylation sites (tertiary alicyclic amines) is 1. The largest absolute Gasteiger partial charge is 0.294 e. The predicted molar refractivity (Wildman–Crippen MR) is 69.5 cm³/mol. The van der Waals surface area contributed by atoms with Crippen LogP contribution in [0.2, 0.25) is 0 Å². The van der Waals surface area contributed by atoms with Crippen molar-refractivity contribution in [2.24, 2.45) is 0 Å². The average molecular weight is 228 g/mol. The molecule has 2 nitrogen and oxygen atoms in total. The number of nitriles is 1. The van der Waals surface area contributed by atoms with Crippen LogP contribution in [0.5, 0.6) is 0 Å². The number of hydrogen-bond acceptors (Lipinski definition) is 2. The van der Waals surface area contributed by atoms with Gasteiger partial charge in [-0.2, -0.15) is 5.26 Å². The second kappa shape index (κ2) is 5.33. The minimum absolute atomic E-state index is 0.675. The van der Waals surface area contributed by atoms with Gasteiger partial charge in [-0.1, -0.05) is 18.6 Å². The first-order valence-electron chi connectivity index (χ1n) is 6.45. The molecule has 0 N–H and O–H groups in total. The Morgan fingerprint density at radius 3 is 2.29 bits per heavy atom. The number of rotatable bonds is 2. The summed E-state index contributed by atoms with van der Waals surface area (Å²) in [6.07, 6.45) is 3.97. The molecule has 90 valence electrons. The number of piperidine rings is 1.